The zero-order valence-electron chi connectivity index (χ0n) is 11.3. The van der Waals surface area contributed by atoms with Crippen molar-refractivity contribution in [3.05, 3.63) is 35.4 Å². The highest BCUT2D eigenvalue weighted by Crippen LogP contribution is 2.20. The summed E-state index contributed by atoms with van der Waals surface area (Å²) in [4.78, 5) is 11.9. The molecule has 1 aromatic carbocycles. The Balaban J connectivity index is 2.60. The van der Waals surface area contributed by atoms with Gasteiger partial charge in [-0.05, 0) is 23.5 Å². The van der Waals surface area contributed by atoms with Crippen LogP contribution in [0.3, 0.4) is 0 Å². The zero-order chi connectivity index (χ0) is 13.1. The third kappa shape index (κ3) is 4.31. The molecule has 0 saturated heterocycles. The van der Waals surface area contributed by atoms with Crippen LogP contribution in [-0.2, 0) is 11.2 Å². The van der Waals surface area contributed by atoms with Crippen LogP contribution in [0.4, 0.5) is 0 Å². The maximum absolute atomic E-state index is 11.9. The van der Waals surface area contributed by atoms with Gasteiger partial charge in [0.15, 0.2) is 0 Å². The summed E-state index contributed by atoms with van der Waals surface area (Å²) in [6.07, 6.45) is 0.953. The molecule has 0 spiro atoms. The van der Waals surface area contributed by atoms with Crippen LogP contribution in [0.2, 0.25) is 0 Å². The molecule has 2 heteroatoms. The fourth-order valence-corrected chi connectivity index (χ4v) is 1.64. The van der Waals surface area contributed by atoms with Crippen molar-refractivity contribution < 1.29 is 4.79 Å². The summed E-state index contributed by atoms with van der Waals surface area (Å²) >= 11 is 0. The van der Waals surface area contributed by atoms with Crippen LogP contribution < -0.4 is 5.73 Å². The third-order valence-corrected chi connectivity index (χ3v) is 3.21. The SMILES string of the molecule is Cc1ccccc1CC(=O)CC(N)C(C)(C)C. The standard InChI is InChI=1S/C15H23NO/c1-11-7-5-6-8-12(11)9-13(17)10-14(16)15(2,3)4/h5-8,14H,9-10,16H2,1-4H3. The number of ketones is 1. The summed E-state index contributed by atoms with van der Waals surface area (Å²) in [5.74, 6) is 0.224. The second-order valence-electron chi connectivity index (χ2n) is 5.82. The van der Waals surface area contributed by atoms with Crippen LogP contribution in [-0.4, -0.2) is 11.8 Å². The Hall–Kier alpha value is -1.15. The first kappa shape index (κ1) is 13.9. The van der Waals surface area contributed by atoms with Crippen LogP contribution in [0.25, 0.3) is 0 Å². The van der Waals surface area contributed by atoms with E-state index in [4.69, 9.17) is 5.73 Å². The molecule has 0 saturated carbocycles. The molecular formula is C15H23NO. The number of carbonyl (C=O) groups excluding carboxylic acids is 1. The molecule has 1 aromatic rings. The van der Waals surface area contributed by atoms with Crippen molar-refractivity contribution in [1.82, 2.24) is 0 Å². The number of hydrogen-bond donors (Lipinski definition) is 1. The number of benzene rings is 1. The molecule has 94 valence electrons. The van der Waals surface area contributed by atoms with E-state index in [1.165, 1.54) is 5.56 Å². The van der Waals surface area contributed by atoms with Gasteiger partial charge in [-0.15, -0.1) is 0 Å². The van der Waals surface area contributed by atoms with E-state index in [1.807, 2.05) is 31.2 Å². The van der Waals surface area contributed by atoms with Gasteiger partial charge in [-0.2, -0.15) is 0 Å². The molecule has 0 aliphatic carbocycles. The first-order valence-corrected chi connectivity index (χ1v) is 6.12. The van der Waals surface area contributed by atoms with Gasteiger partial charge in [-0.3, -0.25) is 4.79 Å². The second kappa shape index (κ2) is 5.46. The van der Waals surface area contributed by atoms with Gasteiger partial charge in [0.1, 0.15) is 5.78 Å². The highest BCUT2D eigenvalue weighted by Gasteiger charge is 2.23. The van der Waals surface area contributed by atoms with Crippen LogP contribution in [0.5, 0.6) is 0 Å². The number of carbonyl (C=O) groups is 1. The molecule has 2 nitrogen and oxygen atoms in total. The highest BCUT2D eigenvalue weighted by molar-refractivity contribution is 5.81. The summed E-state index contributed by atoms with van der Waals surface area (Å²) in [5, 5.41) is 0. The quantitative estimate of drug-likeness (QED) is 0.869. The fraction of sp³-hybridized carbons (Fsp3) is 0.533. The predicted molar refractivity (Wildman–Crippen MR) is 71.9 cm³/mol. The Morgan fingerprint density at radius 3 is 2.41 bits per heavy atom. The highest BCUT2D eigenvalue weighted by atomic mass is 16.1. The van der Waals surface area contributed by atoms with Gasteiger partial charge in [0, 0.05) is 18.9 Å². The molecule has 0 aromatic heterocycles. The number of hydrogen-bond acceptors (Lipinski definition) is 2. The van der Waals surface area contributed by atoms with E-state index in [-0.39, 0.29) is 17.2 Å². The lowest BCUT2D eigenvalue weighted by atomic mass is 9.83. The number of Topliss-reactive ketones (excluding diaryl/α,β-unsaturated/α-hetero) is 1. The molecule has 0 amide bonds. The molecule has 0 heterocycles. The molecule has 1 unspecified atom stereocenters. The molecule has 1 atom stereocenters. The van der Waals surface area contributed by atoms with Crippen molar-refractivity contribution in [1.29, 1.82) is 0 Å². The van der Waals surface area contributed by atoms with Gasteiger partial charge in [-0.25, -0.2) is 0 Å². The second-order valence-corrected chi connectivity index (χ2v) is 5.82. The Labute approximate surface area is 104 Å². The Morgan fingerprint density at radius 1 is 1.29 bits per heavy atom. The lowest BCUT2D eigenvalue weighted by Gasteiger charge is -2.26. The van der Waals surface area contributed by atoms with E-state index >= 15 is 0 Å². The van der Waals surface area contributed by atoms with Gasteiger partial charge in [0.25, 0.3) is 0 Å². The molecule has 1 rings (SSSR count). The maximum Gasteiger partial charge on any atom is 0.138 e. The van der Waals surface area contributed by atoms with Gasteiger partial charge >= 0.3 is 0 Å². The molecule has 17 heavy (non-hydrogen) atoms. The normalized spacial score (nSPS) is 13.5. The smallest absolute Gasteiger partial charge is 0.138 e. The van der Waals surface area contributed by atoms with Crippen molar-refractivity contribution in [2.75, 3.05) is 0 Å². The Bertz CT molecular complexity index is 390. The Kier molecular flexibility index (Phi) is 4.47. The summed E-state index contributed by atoms with van der Waals surface area (Å²) in [5.41, 5.74) is 8.29. The van der Waals surface area contributed by atoms with E-state index < -0.39 is 0 Å². The topological polar surface area (TPSA) is 43.1 Å². The lowest BCUT2D eigenvalue weighted by Crippen LogP contribution is -2.37. The molecule has 0 radical (unpaired) electrons. The third-order valence-electron chi connectivity index (χ3n) is 3.21. The van der Waals surface area contributed by atoms with Crippen LogP contribution >= 0.6 is 0 Å². The van der Waals surface area contributed by atoms with Crippen molar-refractivity contribution in [3.8, 4) is 0 Å². The number of nitrogens with two attached hydrogens (primary N) is 1. The van der Waals surface area contributed by atoms with E-state index in [9.17, 15) is 4.79 Å². The van der Waals surface area contributed by atoms with E-state index in [0.29, 0.717) is 12.8 Å². The van der Waals surface area contributed by atoms with Crippen LogP contribution in [0, 0.1) is 12.3 Å². The average Bonchev–Trinajstić information content (AvgIpc) is 2.20. The van der Waals surface area contributed by atoms with E-state index in [0.717, 1.165) is 5.56 Å². The minimum Gasteiger partial charge on any atom is -0.327 e. The van der Waals surface area contributed by atoms with Gasteiger partial charge in [0.2, 0.25) is 0 Å². The minimum absolute atomic E-state index is 0.0125. The average molecular weight is 233 g/mol. The maximum atomic E-state index is 11.9. The van der Waals surface area contributed by atoms with Crippen molar-refractivity contribution >= 4 is 5.78 Å². The monoisotopic (exact) mass is 233 g/mol. The van der Waals surface area contributed by atoms with Crippen molar-refractivity contribution in [3.63, 3.8) is 0 Å². The van der Waals surface area contributed by atoms with Gasteiger partial charge in [0.05, 0.1) is 0 Å². The predicted octanol–water partition coefficient (Wildman–Crippen LogP) is 2.87. The lowest BCUT2D eigenvalue weighted by molar-refractivity contribution is -0.119. The first-order chi connectivity index (χ1) is 7.80. The van der Waals surface area contributed by atoms with Crippen LogP contribution in [0.1, 0.15) is 38.3 Å². The van der Waals surface area contributed by atoms with Crippen LogP contribution in [0.15, 0.2) is 24.3 Å². The molecule has 0 aliphatic rings. The molecular weight excluding hydrogens is 210 g/mol. The number of aryl methyl sites for hydroxylation is 1. The fourth-order valence-electron chi connectivity index (χ4n) is 1.64. The summed E-state index contributed by atoms with van der Waals surface area (Å²) in [6, 6.07) is 7.94. The largest absolute Gasteiger partial charge is 0.327 e. The van der Waals surface area contributed by atoms with E-state index in [1.54, 1.807) is 0 Å². The molecule has 2 N–H and O–H groups in total. The van der Waals surface area contributed by atoms with Crippen molar-refractivity contribution in [2.24, 2.45) is 11.1 Å². The van der Waals surface area contributed by atoms with Gasteiger partial charge in [-0.1, -0.05) is 45.0 Å². The minimum atomic E-state index is -0.0704. The number of rotatable bonds is 4. The molecule has 0 aliphatic heterocycles. The molecule has 0 fully saturated rings. The van der Waals surface area contributed by atoms with Crippen molar-refractivity contribution in [2.45, 2.75) is 46.6 Å². The zero-order valence-corrected chi connectivity index (χ0v) is 11.3. The summed E-state index contributed by atoms with van der Waals surface area (Å²) < 4.78 is 0. The molecule has 0 bridgehead atoms. The Morgan fingerprint density at radius 2 is 1.88 bits per heavy atom. The summed E-state index contributed by atoms with van der Waals surface area (Å²) in [7, 11) is 0. The van der Waals surface area contributed by atoms with E-state index in [2.05, 4.69) is 20.8 Å². The van der Waals surface area contributed by atoms with Gasteiger partial charge < -0.3 is 5.73 Å². The summed E-state index contributed by atoms with van der Waals surface area (Å²) in [6.45, 7) is 8.24. The first-order valence-electron chi connectivity index (χ1n) is 6.12.